The number of fused-ring (bicyclic) bond motifs is 3. The van der Waals surface area contributed by atoms with Gasteiger partial charge in [-0.2, -0.15) is 0 Å². The van der Waals surface area contributed by atoms with Crippen LogP contribution in [-0.2, 0) is 6.42 Å². The first-order valence-electron chi connectivity index (χ1n) is 12.8. The number of methoxy groups -OCH3 is 1. The Morgan fingerprint density at radius 1 is 1.00 bits per heavy atom. The van der Waals surface area contributed by atoms with Crippen LogP contribution in [0.3, 0.4) is 0 Å². The van der Waals surface area contributed by atoms with Crippen LogP contribution in [0.2, 0.25) is 10.0 Å². The molecule has 0 amide bonds. The van der Waals surface area contributed by atoms with Crippen molar-refractivity contribution < 1.29 is 9.15 Å². The van der Waals surface area contributed by atoms with E-state index in [0.717, 1.165) is 41.0 Å². The van der Waals surface area contributed by atoms with Crippen LogP contribution in [0.25, 0.3) is 23.1 Å². The lowest BCUT2D eigenvalue weighted by Crippen LogP contribution is -2.38. The van der Waals surface area contributed by atoms with Crippen molar-refractivity contribution in [3.63, 3.8) is 0 Å². The fraction of sp³-hybridized carbons (Fsp3) is 0.125. The zero-order chi connectivity index (χ0) is 27.4. The normalized spacial score (nSPS) is 16.3. The van der Waals surface area contributed by atoms with Crippen LogP contribution in [0.15, 0.2) is 98.6 Å². The van der Waals surface area contributed by atoms with Gasteiger partial charge in [0.05, 0.1) is 28.4 Å². The summed E-state index contributed by atoms with van der Waals surface area (Å²) in [5, 5.41) is 1.10. The molecular weight excluding hydrogens is 563 g/mol. The molecule has 5 aromatic rings. The van der Waals surface area contributed by atoms with Gasteiger partial charge in [-0.05, 0) is 60.4 Å². The molecule has 198 valence electrons. The molecule has 3 heterocycles. The van der Waals surface area contributed by atoms with Crippen LogP contribution in [0, 0.1) is 0 Å². The number of hydrogen-bond acceptors (Lipinski definition) is 5. The molecule has 1 aliphatic heterocycles. The predicted molar refractivity (Wildman–Crippen MR) is 160 cm³/mol. The van der Waals surface area contributed by atoms with E-state index < -0.39 is 0 Å². The topological polar surface area (TPSA) is 56.7 Å². The molecule has 0 saturated carbocycles. The molecule has 7 rings (SSSR count). The van der Waals surface area contributed by atoms with Crippen LogP contribution in [0.4, 0.5) is 0 Å². The van der Waals surface area contributed by atoms with E-state index in [0.29, 0.717) is 36.5 Å². The van der Waals surface area contributed by atoms with E-state index in [1.807, 2.05) is 42.5 Å². The van der Waals surface area contributed by atoms with Gasteiger partial charge >= 0.3 is 0 Å². The molecule has 2 aromatic heterocycles. The number of aryl methyl sites for hydroxylation is 1. The highest BCUT2D eigenvalue weighted by Gasteiger charge is 2.34. The Balaban J connectivity index is 1.42. The predicted octanol–water partition coefficient (Wildman–Crippen LogP) is 6.89. The molecule has 40 heavy (non-hydrogen) atoms. The molecule has 0 bridgehead atoms. The third kappa shape index (κ3) is 4.15. The van der Waals surface area contributed by atoms with Gasteiger partial charge in [-0.15, -0.1) is 0 Å². The number of halogens is 2. The average molecular weight is 586 g/mol. The molecule has 1 atom stereocenters. The summed E-state index contributed by atoms with van der Waals surface area (Å²) < 4.78 is 14.2. The molecule has 0 spiro atoms. The van der Waals surface area contributed by atoms with Gasteiger partial charge in [0.25, 0.3) is 5.56 Å². The highest BCUT2D eigenvalue weighted by molar-refractivity contribution is 7.07. The molecule has 0 unspecified atom stereocenters. The minimum Gasteiger partial charge on any atom is -0.496 e. The van der Waals surface area contributed by atoms with E-state index >= 15 is 0 Å². The minimum absolute atomic E-state index is 0.121. The molecule has 5 nitrogen and oxygen atoms in total. The summed E-state index contributed by atoms with van der Waals surface area (Å²) in [6, 6.07) is 24.8. The second-order valence-electron chi connectivity index (χ2n) is 9.68. The highest BCUT2D eigenvalue weighted by atomic mass is 35.5. The maximum atomic E-state index is 14.0. The second kappa shape index (κ2) is 9.97. The number of ether oxygens (including phenoxy) is 1. The third-order valence-electron chi connectivity index (χ3n) is 7.40. The van der Waals surface area contributed by atoms with Gasteiger partial charge in [0.1, 0.15) is 17.3 Å². The Labute approximate surface area is 243 Å². The van der Waals surface area contributed by atoms with Gasteiger partial charge in [-0.1, -0.05) is 77.0 Å². The lowest BCUT2D eigenvalue weighted by Gasteiger charge is -2.31. The summed E-state index contributed by atoms with van der Waals surface area (Å²) in [6.45, 7) is 0. The third-order valence-corrected chi connectivity index (χ3v) is 8.95. The van der Waals surface area contributed by atoms with Gasteiger partial charge < -0.3 is 9.15 Å². The molecule has 0 saturated heterocycles. The van der Waals surface area contributed by atoms with E-state index in [2.05, 4.69) is 18.2 Å². The van der Waals surface area contributed by atoms with Crippen molar-refractivity contribution in [2.75, 3.05) is 7.11 Å². The van der Waals surface area contributed by atoms with E-state index in [9.17, 15) is 4.79 Å². The zero-order valence-corrected chi connectivity index (χ0v) is 23.7. The molecule has 8 heteroatoms. The van der Waals surface area contributed by atoms with Crippen molar-refractivity contribution in [3.8, 4) is 17.1 Å². The van der Waals surface area contributed by atoms with Crippen LogP contribution in [0.5, 0.6) is 5.75 Å². The quantitative estimate of drug-likeness (QED) is 0.231. The maximum Gasteiger partial charge on any atom is 0.271 e. The van der Waals surface area contributed by atoms with Crippen LogP contribution >= 0.6 is 34.5 Å². The fourth-order valence-electron chi connectivity index (χ4n) is 5.58. The number of para-hydroxylation sites is 1. The minimum atomic E-state index is -0.324. The Kier molecular flexibility index (Phi) is 6.27. The summed E-state index contributed by atoms with van der Waals surface area (Å²) in [5.41, 5.74) is 5.97. The van der Waals surface area contributed by atoms with Crippen molar-refractivity contribution in [3.05, 3.63) is 137 Å². The van der Waals surface area contributed by atoms with E-state index in [-0.39, 0.29) is 11.6 Å². The number of nitrogens with zero attached hydrogens (tertiary/aromatic N) is 2. The van der Waals surface area contributed by atoms with Crippen LogP contribution in [0.1, 0.15) is 34.9 Å². The number of benzene rings is 3. The van der Waals surface area contributed by atoms with Gasteiger partial charge in [-0.25, -0.2) is 4.99 Å². The Morgan fingerprint density at radius 2 is 1.82 bits per heavy atom. The molecule has 1 aliphatic carbocycles. The van der Waals surface area contributed by atoms with Crippen LogP contribution < -0.4 is 19.6 Å². The lowest BCUT2D eigenvalue weighted by molar-refractivity contribution is 0.402. The number of thiazole rings is 1. The molecule has 3 aromatic carbocycles. The average Bonchev–Trinajstić information content (AvgIpc) is 3.57. The highest BCUT2D eigenvalue weighted by Crippen LogP contribution is 2.43. The van der Waals surface area contributed by atoms with Gasteiger partial charge in [-0.3, -0.25) is 9.36 Å². The lowest BCUT2D eigenvalue weighted by atomic mass is 9.83. The summed E-state index contributed by atoms with van der Waals surface area (Å²) in [7, 11) is 1.66. The summed E-state index contributed by atoms with van der Waals surface area (Å²) in [5.74, 6) is 1.86. The van der Waals surface area contributed by atoms with Crippen molar-refractivity contribution in [1.29, 1.82) is 0 Å². The van der Waals surface area contributed by atoms with E-state index in [4.69, 9.17) is 37.3 Å². The van der Waals surface area contributed by atoms with Crippen LogP contribution in [-0.4, -0.2) is 11.7 Å². The second-order valence-corrected chi connectivity index (χ2v) is 11.5. The number of allylic oxidation sites excluding steroid dienone is 1. The maximum absolute atomic E-state index is 14.0. The van der Waals surface area contributed by atoms with Crippen molar-refractivity contribution in [2.45, 2.75) is 18.9 Å². The number of furan rings is 1. The molecule has 0 fully saturated rings. The monoisotopic (exact) mass is 584 g/mol. The first kappa shape index (κ1) is 25.1. The van der Waals surface area contributed by atoms with E-state index in [1.165, 1.54) is 16.9 Å². The summed E-state index contributed by atoms with van der Waals surface area (Å²) in [4.78, 5) is 19.8. The molecular formula is C32H22Cl2N2O3S. The standard InChI is InChI=1S/C32H22Cl2N2O3S/c1-38-26-9-5-4-8-22(26)30-23-13-10-18-6-2-3-7-21(18)29(23)35-32-36(30)31(37)28(40-32)17-20-12-15-27(39-20)24-16-19(33)11-14-25(24)34/h2-9,11-12,14-17,30H,10,13H2,1H3/b28-17+/t30-/m1/s1. The first-order chi connectivity index (χ1) is 19.5. The van der Waals surface area contributed by atoms with Crippen molar-refractivity contribution >= 4 is 46.3 Å². The van der Waals surface area contributed by atoms with Gasteiger partial charge in [0.2, 0.25) is 0 Å². The SMILES string of the molecule is COc1ccccc1[C@@H]1C2=C(N=c3s/c(=C/c4ccc(-c5cc(Cl)ccc5Cl)o4)c(=O)n31)c1ccccc1CC2. The summed E-state index contributed by atoms with van der Waals surface area (Å²) in [6.07, 6.45) is 3.47. The Hall–Kier alpha value is -3.84. The number of aromatic nitrogens is 1. The fourth-order valence-corrected chi connectivity index (χ4v) is 6.95. The Morgan fingerprint density at radius 3 is 2.70 bits per heavy atom. The smallest absolute Gasteiger partial charge is 0.271 e. The zero-order valence-electron chi connectivity index (χ0n) is 21.4. The number of hydrogen-bond donors (Lipinski definition) is 0. The Bertz CT molecular complexity index is 2020. The molecule has 0 N–H and O–H groups in total. The van der Waals surface area contributed by atoms with Gasteiger partial charge in [0.15, 0.2) is 4.80 Å². The largest absolute Gasteiger partial charge is 0.496 e. The van der Waals surface area contributed by atoms with E-state index in [1.54, 1.807) is 36.0 Å². The first-order valence-corrected chi connectivity index (χ1v) is 14.4. The molecule has 2 aliphatic rings. The van der Waals surface area contributed by atoms with Crippen molar-refractivity contribution in [1.82, 2.24) is 4.57 Å². The molecule has 0 radical (unpaired) electrons. The van der Waals surface area contributed by atoms with Crippen molar-refractivity contribution in [2.24, 2.45) is 4.99 Å². The van der Waals surface area contributed by atoms with Gasteiger partial charge in [0, 0.05) is 27.8 Å². The summed E-state index contributed by atoms with van der Waals surface area (Å²) >= 11 is 13.9. The number of rotatable bonds is 4.